The molecular weight excluding hydrogens is 313 g/mol. The Morgan fingerprint density at radius 3 is 2.63 bits per heavy atom. The van der Waals surface area contributed by atoms with Crippen LogP contribution in [0.5, 0.6) is 0 Å². The predicted molar refractivity (Wildman–Crippen MR) is 73.3 cm³/mol. The molecular formula is C11H13Cl2NO4S. The van der Waals surface area contributed by atoms with Crippen molar-refractivity contribution in [3.8, 4) is 0 Å². The Morgan fingerprint density at radius 2 is 2.11 bits per heavy atom. The molecule has 0 aliphatic rings. The van der Waals surface area contributed by atoms with Gasteiger partial charge in [0.05, 0.1) is 11.6 Å². The number of rotatable bonds is 5. The summed E-state index contributed by atoms with van der Waals surface area (Å²) in [5.41, 5.74) is 0.159. The van der Waals surface area contributed by atoms with Crippen LogP contribution in [0.1, 0.15) is 17.3 Å². The minimum absolute atomic E-state index is 0.0310. The highest BCUT2D eigenvalue weighted by atomic mass is 35.7. The minimum Gasteiger partial charge on any atom is -0.383 e. The van der Waals surface area contributed by atoms with Crippen LogP contribution in [0.4, 0.5) is 0 Å². The van der Waals surface area contributed by atoms with Gasteiger partial charge in [0, 0.05) is 29.4 Å². The number of carbonyl (C=O) groups excluding carboxylic acids is 1. The molecule has 0 bridgehead atoms. The van der Waals surface area contributed by atoms with Crippen molar-refractivity contribution < 1.29 is 17.9 Å². The van der Waals surface area contributed by atoms with Gasteiger partial charge in [0.2, 0.25) is 0 Å². The number of methoxy groups -OCH3 is 1. The van der Waals surface area contributed by atoms with Gasteiger partial charge in [0.1, 0.15) is 4.90 Å². The van der Waals surface area contributed by atoms with Crippen LogP contribution in [-0.4, -0.2) is 34.1 Å². The van der Waals surface area contributed by atoms with E-state index in [1.54, 1.807) is 6.92 Å². The van der Waals surface area contributed by atoms with Gasteiger partial charge in [-0.15, -0.1) is 0 Å². The second kappa shape index (κ2) is 6.56. The van der Waals surface area contributed by atoms with Gasteiger partial charge >= 0.3 is 0 Å². The molecule has 1 amide bonds. The Labute approximate surface area is 121 Å². The SMILES string of the molecule is COCC(C)NC(=O)c1ccc(Cl)c(S(=O)(=O)Cl)c1. The van der Waals surface area contributed by atoms with E-state index in [2.05, 4.69) is 5.32 Å². The zero-order valence-electron chi connectivity index (χ0n) is 10.3. The fourth-order valence-electron chi connectivity index (χ4n) is 1.43. The summed E-state index contributed by atoms with van der Waals surface area (Å²) in [6.45, 7) is 2.11. The van der Waals surface area contributed by atoms with Crippen LogP contribution in [0.15, 0.2) is 23.1 Å². The van der Waals surface area contributed by atoms with Crippen LogP contribution < -0.4 is 5.32 Å². The van der Waals surface area contributed by atoms with Gasteiger partial charge in [-0.2, -0.15) is 0 Å². The van der Waals surface area contributed by atoms with E-state index in [1.165, 1.54) is 19.2 Å². The fourth-order valence-corrected chi connectivity index (χ4v) is 2.92. The second-order valence-corrected chi connectivity index (χ2v) is 6.85. The van der Waals surface area contributed by atoms with Crippen LogP contribution in [0.25, 0.3) is 0 Å². The largest absolute Gasteiger partial charge is 0.383 e. The summed E-state index contributed by atoms with van der Waals surface area (Å²) in [4.78, 5) is 11.6. The summed E-state index contributed by atoms with van der Waals surface area (Å²) in [6.07, 6.45) is 0. The Kier molecular flexibility index (Phi) is 5.61. The molecule has 0 aliphatic heterocycles. The number of carbonyl (C=O) groups is 1. The Hall–Kier alpha value is -0.820. The molecule has 1 rings (SSSR count). The first-order chi connectivity index (χ1) is 8.75. The maximum absolute atomic E-state index is 11.9. The molecule has 8 heteroatoms. The molecule has 1 aromatic rings. The van der Waals surface area contributed by atoms with Gasteiger partial charge in [0.15, 0.2) is 0 Å². The van der Waals surface area contributed by atoms with E-state index in [4.69, 9.17) is 27.0 Å². The highest BCUT2D eigenvalue weighted by Crippen LogP contribution is 2.25. The monoisotopic (exact) mass is 325 g/mol. The number of hydrogen-bond donors (Lipinski definition) is 1. The lowest BCUT2D eigenvalue weighted by molar-refractivity contribution is 0.0905. The van der Waals surface area contributed by atoms with E-state index in [-0.39, 0.29) is 21.5 Å². The third kappa shape index (κ3) is 4.65. The Morgan fingerprint density at radius 1 is 1.47 bits per heavy atom. The Bertz CT molecular complexity index is 574. The summed E-state index contributed by atoms with van der Waals surface area (Å²) in [5.74, 6) is -0.428. The first-order valence-corrected chi connectivity index (χ1v) is 7.98. The second-order valence-electron chi connectivity index (χ2n) is 3.91. The summed E-state index contributed by atoms with van der Waals surface area (Å²) < 4.78 is 27.4. The van der Waals surface area contributed by atoms with Crippen molar-refractivity contribution in [2.45, 2.75) is 17.9 Å². The average molecular weight is 326 g/mol. The quantitative estimate of drug-likeness (QED) is 0.841. The Balaban J connectivity index is 3.00. The standard InChI is InChI=1S/C11H13Cl2NO4S/c1-7(6-18-2)14-11(15)8-3-4-9(12)10(5-8)19(13,16)17/h3-5,7H,6H2,1-2H3,(H,14,15). The molecule has 1 aromatic carbocycles. The van der Waals surface area contributed by atoms with Crippen LogP contribution in [0.3, 0.4) is 0 Å². The molecule has 1 atom stereocenters. The van der Waals surface area contributed by atoms with Crippen molar-refractivity contribution in [2.75, 3.05) is 13.7 Å². The molecule has 0 radical (unpaired) electrons. The molecule has 1 N–H and O–H groups in total. The summed E-state index contributed by atoms with van der Waals surface area (Å²) in [7, 11) is 2.76. The molecule has 5 nitrogen and oxygen atoms in total. The molecule has 0 aliphatic carbocycles. The maximum atomic E-state index is 11.9. The number of amides is 1. The highest BCUT2D eigenvalue weighted by molar-refractivity contribution is 8.13. The smallest absolute Gasteiger partial charge is 0.262 e. The lowest BCUT2D eigenvalue weighted by atomic mass is 10.2. The first kappa shape index (κ1) is 16.2. The van der Waals surface area contributed by atoms with Gasteiger partial charge in [-0.25, -0.2) is 8.42 Å². The van der Waals surface area contributed by atoms with Gasteiger partial charge in [-0.1, -0.05) is 11.6 Å². The molecule has 0 fully saturated rings. The molecule has 106 valence electrons. The normalized spacial score (nSPS) is 13.1. The van der Waals surface area contributed by atoms with Crippen molar-refractivity contribution in [1.29, 1.82) is 0 Å². The van der Waals surface area contributed by atoms with E-state index in [0.717, 1.165) is 6.07 Å². The van der Waals surface area contributed by atoms with Crippen molar-refractivity contribution >= 4 is 37.2 Å². The molecule has 0 saturated heterocycles. The lowest BCUT2D eigenvalue weighted by Gasteiger charge is -2.13. The lowest BCUT2D eigenvalue weighted by Crippen LogP contribution is -2.35. The van der Waals surface area contributed by atoms with Gasteiger partial charge < -0.3 is 10.1 Å². The predicted octanol–water partition coefficient (Wildman–Crippen LogP) is 2.03. The highest BCUT2D eigenvalue weighted by Gasteiger charge is 2.18. The van der Waals surface area contributed by atoms with Gasteiger partial charge in [0.25, 0.3) is 15.0 Å². The topological polar surface area (TPSA) is 72.5 Å². The molecule has 0 saturated carbocycles. The van der Waals surface area contributed by atoms with E-state index in [1.807, 2.05) is 0 Å². The molecule has 0 heterocycles. The van der Waals surface area contributed by atoms with E-state index < -0.39 is 15.0 Å². The van der Waals surface area contributed by atoms with Crippen LogP contribution in [0, 0.1) is 0 Å². The molecule has 0 spiro atoms. The number of ether oxygens (including phenoxy) is 1. The van der Waals surface area contributed by atoms with Crippen LogP contribution >= 0.6 is 22.3 Å². The number of benzene rings is 1. The molecule has 1 unspecified atom stereocenters. The summed E-state index contributed by atoms with van der Waals surface area (Å²) in [6, 6.07) is 3.67. The zero-order valence-corrected chi connectivity index (χ0v) is 12.6. The fraction of sp³-hybridized carbons (Fsp3) is 0.364. The van der Waals surface area contributed by atoms with Crippen molar-refractivity contribution in [1.82, 2.24) is 5.32 Å². The molecule has 19 heavy (non-hydrogen) atoms. The van der Waals surface area contributed by atoms with Gasteiger partial charge in [-0.05, 0) is 25.1 Å². The van der Waals surface area contributed by atoms with Crippen molar-refractivity contribution in [3.05, 3.63) is 28.8 Å². The van der Waals surface area contributed by atoms with Crippen LogP contribution in [-0.2, 0) is 13.8 Å². The van der Waals surface area contributed by atoms with Crippen molar-refractivity contribution in [3.63, 3.8) is 0 Å². The first-order valence-electron chi connectivity index (χ1n) is 5.29. The van der Waals surface area contributed by atoms with Gasteiger partial charge in [-0.3, -0.25) is 4.79 Å². The van der Waals surface area contributed by atoms with E-state index >= 15 is 0 Å². The number of hydrogen-bond acceptors (Lipinski definition) is 4. The molecule has 0 aromatic heterocycles. The average Bonchev–Trinajstić information content (AvgIpc) is 2.27. The van der Waals surface area contributed by atoms with Crippen LogP contribution in [0.2, 0.25) is 5.02 Å². The van der Waals surface area contributed by atoms with Crippen molar-refractivity contribution in [2.24, 2.45) is 0 Å². The number of nitrogens with one attached hydrogen (secondary N) is 1. The minimum atomic E-state index is -3.99. The zero-order chi connectivity index (χ0) is 14.6. The van der Waals surface area contributed by atoms with E-state index in [0.29, 0.717) is 6.61 Å². The summed E-state index contributed by atoms with van der Waals surface area (Å²) >= 11 is 5.73. The third-order valence-electron chi connectivity index (χ3n) is 2.25. The summed E-state index contributed by atoms with van der Waals surface area (Å²) in [5, 5.41) is 2.62. The number of halogens is 2. The third-order valence-corrected chi connectivity index (χ3v) is 4.05. The maximum Gasteiger partial charge on any atom is 0.262 e. The van der Waals surface area contributed by atoms with E-state index in [9.17, 15) is 13.2 Å².